The molecule has 1 fully saturated rings. The van der Waals surface area contributed by atoms with Crippen LogP contribution in [0.4, 0.5) is 4.79 Å². The van der Waals surface area contributed by atoms with E-state index in [2.05, 4.69) is 10.4 Å². The fraction of sp³-hybridized carbons (Fsp3) is 0.364. The number of aromatic nitrogens is 2. The number of hydrogen-bond donors (Lipinski definition) is 1. The molecule has 0 unspecified atom stereocenters. The van der Waals surface area contributed by atoms with E-state index in [1.165, 1.54) is 0 Å². The normalized spacial score (nSPS) is 15.1. The average molecular weight is 443 g/mol. The minimum atomic E-state index is -0.346. The summed E-state index contributed by atoms with van der Waals surface area (Å²) in [4.78, 5) is 38.5. The van der Waals surface area contributed by atoms with Gasteiger partial charge in [-0.25, -0.2) is 0 Å². The van der Waals surface area contributed by atoms with E-state index in [1.54, 1.807) is 25.3 Å². The van der Waals surface area contributed by atoms with E-state index in [1.807, 2.05) is 37.7 Å². The first-order chi connectivity index (χ1) is 14.8. The van der Waals surface area contributed by atoms with Crippen LogP contribution in [0.25, 0.3) is 6.08 Å². The maximum atomic E-state index is 12.6. The van der Waals surface area contributed by atoms with Crippen molar-refractivity contribution in [1.29, 1.82) is 0 Å². The van der Waals surface area contributed by atoms with Crippen LogP contribution in [0.15, 0.2) is 29.2 Å². The Morgan fingerprint density at radius 3 is 2.55 bits per heavy atom. The molecule has 164 valence electrons. The fourth-order valence-electron chi connectivity index (χ4n) is 3.36. The Morgan fingerprint density at radius 1 is 1.23 bits per heavy atom. The molecule has 1 aliphatic heterocycles. The van der Waals surface area contributed by atoms with Gasteiger partial charge in [0.2, 0.25) is 5.91 Å². The SMILES string of the molecule is COc1ccc(/C=C2\SC(=O)N(CCNC(=O)CCc3c(C)nn(C)c3C)C2=O)cc1. The van der Waals surface area contributed by atoms with Gasteiger partial charge in [0.1, 0.15) is 5.75 Å². The molecule has 8 nitrogen and oxygen atoms in total. The highest BCUT2D eigenvalue weighted by Gasteiger charge is 2.34. The van der Waals surface area contributed by atoms with Crippen LogP contribution in [-0.4, -0.2) is 51.9 Å². The van der Waals surface area contributed by atoms with E-state index < -0.39 is 0 Å². The number of nitrogens with one attached hydrogen (secondary N) is 1. The summed E-state index contributed by atoms with van der Waals surface area (Å²) in [5, 5.41) is 6.81. The van der Waals surface area contributed by atoms with Crippen LogP contribution in [0.3, 0.4) is 0 Å². The van der Waals surface area contributed by atoms with E-state index in [0.29, 0.717) is 17.7 Å². The van der Waals surface area contributed by atoms with Gasteiger partial charge in [-0.15, -0.1) is 0 Å². The summed E-state index contributed by atoms with van der Waals surface area (Å²) < 4.78 is 6.93. The number of thioether (sulfide) groups is 1. The number of ether oxygens (including phenoxy) is 1. The molecular formula is C22H26N4O4S. The van der Waals surface area contributed by atoms with Gasteiger partial charge in [0.25, 0.3) is 11.1 Å². The van der Waals surface area contributed by atoms with Crippen LogP contribution in [0.2, 0.25) is 0 Å². The first kappa shape index (κ1) is 22.6. The molecule has 9 heteroatoms. The molecule has 31 heavy (non-hydrogen) atoms. The molecule has 1 saturated heterocycles. The summed E-state index contributed by atoms with van der Waals surface area (Å²) in [6, 6.07) is 7.22. The Bertz CT molecular complexity index is 1030. The highest BCUT2D eigenvalue weighted by molar-refractivity contribution is 8.18. The maximum absolute atomic E-state index is 12.6. The van der Waals surface area contributed by atoms with Gasteiger partial charge in [-0.1, -0.05) is 12.1 Å². The zero-order valence-electron chi connectivity index (χ0n) is 18.1. The van der Waals surface area contributed by atoms with Crippen molar-refractivity contribution < 1.29 is 19.1 Å². The van der Waals surface area contributed by atoms with Crippen molar-refractivity contribution in [3.8, 4) is 5.75 Å². The molecule has 1 aliphatic rings. The van der Waals surface area contributed by atoms with E-state index in [4.69, 9.17) is 4.74 Å². The summed E-state index contributed by atoms with van der Waals surface area (Å²) in [5.41, 5.74) is 3.86. The van der Waals surface area contributed by atoms with Crippen molar-refractivity contribution in [2.75, 3.05) is 20.2 Å². The number of hydrogen-bond acceptors (Lipinski definition) is 6. The van der Waals surface area contributed by atoms with Crippen molar-refractivity contribution in [1.82, 2.24) is 20.0 Å². The molecule has 0 atom stereocenters. The number of nitrogens with zero attached hydrogens (tertiary/aromatic N) is 3. The van der Waals surface area contributed by atoms with Gasteiger partial charge in [0.05, 0.1) is 17.7 Å². The van der Waals surface area contributed by atoms with E-state index in [0.717, 1.165) is 44.9 Å². The lowest BCUT2D eigenvalue weighted by atomic mass is 10.1. The third-order valence-corrected chi connectivity index (χ3v) is 6.11. The smallest absolute Gasteiger partial charge is 0.293 e. The average Bonchev–Trinajstić information content (AvgIpc) is 3.15. The lowest BCUT2D eigenvalue weighted by molar-refractivity contribution is -0.124. The lowest BCUT2D eigenvalue weighted by Crippen LogP contribution is -2.37. The zero-order valence-corrected chi connectivity index (χ0v) is 18.9. The van der Waals surface area contributed by atoms with Gasteiger partial charge in [0.15, 0.2) is 0 Å². The number of benzene rings is 1. The molecule has 0 saturated carbocycles. The summed E-state index contributed by atoms with van der Waals surface area (Å²) in [6.07, 6.45) is 2.61. The first-order valence-corrected chi connectivity index (χ1v) is 10.8. The van der Waals surface area contributed by atoms with Crippen LogP contribution in [0, 0.1) is 13.8 Å². The number of rotatable bonds is 8. The van der Waals surface area contributed by atoms with Crippen molar-refractivity contribution in [3.63, 3.8) is 0 Å². The van der Waals surface area contributed by atoms with E-state index in [-0.39, 0.29) is 30.1 Å². The van der Waals surface area contributed by atoms with Crippen LogP contribution < -0.4 is 10.1 Å². The first-order valence-electron chi connectivity index (χ1n) is 9.95. The third kappa shape index (κ3) is 5.35. The monoisotopic (exact) mass is 442 g/mol. The molecule has 3 amide bonds. The van der Waals surface area contributed by atoms with Gasteiger partial charge in [-0.3, -0.25) is 24.0 Å². The molecule has 0 spiro atoms. The Labute approximate surface area is 185 Å². The zero-order chi connectivity index (χ0) is 22.5. The lowest BCUT2D eigenvalue weighted by Gasteiger charge is -2.13. The summed E-state index contributed by atoms with van der Waals surface area (Å²) in [5.74, 6) is 0.250. The largest absolute Gasteiger partial charge is 0.497 e. The number of carbonyl (C=O) groups excluding carboxylic acids is 3. The van der Waals surface area contributed by atoms with Crippen LogP contribution >= 0.6 is 11.8 Å². The Hall–Kier alpha value is -3.07. The van der Waals surface area contributed by atoms with Gasteiger partial charge in [0, 0.05) is 32.3 Å². The van der Waals surface area contributed by atoms with Crippen molar-refractivity contribution in [2.24, 2.45) is 7.05 Å². The van der Waals surface area contributed by atoms with Crippen molar-refractivity contribution in [2.45, 2.75) is 26.7 Å². The Morgan fingerprint density at radius 2 is 1.94 bits per heavy atom. The predicted octanol–water partition coefficient (Wildman–Crippen LogP) is 2.83. The molecule has 0 aliphatic carbocycles. The number of carbonyl (C=O) groups is 3. The quantitative estimate of drug-likeness (QED) is 0.632. The third-order valence-electron chi connectivity index (χ3n) is 5.21. The van der Waals surface area contributed by atoms with E-state index >= 15 is 0 Å². The Kier molecular flexibility index (Phi) is 7.17. The highest BCUT2D eigenvalue weighted by atomic mass is 32.2. The summed E-state index contributed by atoms with van der Waals surface area (Å²) >= 11 is 0.904. The van der Waals surface area contributed by atoms with E-state index in [9.17, 15) is 14.4 Å². The second-order valence-corrected chi connectivity index (χ2v) is 8.22. The Balaban J connectivity index is 1.49. The standard InChI is InChI=1S/C22H26N4O4S/c1-14-18(15(2)25(3)24-14)9-10-20(27)23-11-12-26-21(28)19(31-22(26)29)13-16-5-7-17(30-4)8-6-16/h5-8,13H,9-12H2,1-4H3,(H,23,27)/b19-13-. The molecule has 1 aromatic carbocycles. The van der Waals surface area contributed by atoms with Crippen LogP contribution in [0.5, 0.6) is 5.75 Å². The van der Waals surface area contributed by atoms with Crippen molar-refractivity contribution >= 4 is 34.9 Å². The topological polar surface area (TPSA) is 93.5 Å². The molecule has 2 aromatic rings. The predicted molar refractivity (Wildman–Crippen MR) is 120 cm³/mol. The fourth-order valence-corrected chi connectivity index (χ4v) is 4.22. The summed E-state index contributed by atoms with van der Waals surface area (Å²) in [6.45, 7) is 4.27. The maximum Gasteiger partial charge on any atom is 0.293 e. The molecular weight excluding hydrogens is 416 g/mol. The molecule has 1 N–H and O–H groups in total. The second-order valence-electron chi connectivity index (χ2n) is 7.23. The second kappa shape index (κ2) is 9.82. The minimum Gasteiger partial charge on any atom is -0.497 e. The van der Waals surface area contributed by atoms with Crippen LogP contribution in [0.1, 0.15) is 28.9 Å². The highest BCUT2D eigenvalue weighted by Crippen LogP contribution is 2.32. The molecule has 1 aromatic heterocycles. The van der Waals surface area contributed by atoms with Crippen LogP contribution in [-0.2, 0) is 23.1 Å². The molecule has 0 radical (unpaired) electrons. The number of imide groups is 1. The number of methoxy groups -OCH3 is 1. The van der Waals surface area contributed by atoms with Gasteiger partial charge >= 0.3 is 0 Å². The molecule has 0 bridgehead atoms. The number of amides is 3. The molecule has 3 rings (SSSR count). The number of aryl methyl sites for hydroxylation is 2. The van der Waals surface area contributed by atoms with Crippen molar-refractivity contribution in [3.05, 3.63) is 51.7 Å². The van der Waals surface area contributed by atoms with Gasteiger partial charge < -0.3 is 10.1 Å². The minimum absolute atomic E-state index is 0.122. The van der Waals surface area contributed by atoms with Gasteiger partial charge in [-0.05, 0) is 61.4 Å². The summed E-state index contributed by atoms with van der Waals surface area (Å²) in [7, 11) is 3.46. The molecule has 2 heterocycles. The van der Waals surface area contributed by atoms with Gasteiger partial charge in [-0.2, -0.15) is 5.10 Å².